The first kappa shape index (κ1) is 12.3. The lowest BCUT2D eigenvalue weighted by molar-refractivity contribution is 0.0959. The molecular weight excluding hydrogens is 302 g/mol. The van der Waals surface area contributed by atoms with Gasteiger partial charge in [-0.3, -0.25) is 4.79 Å². The number of benzene rings is 1. The summed E-state index contributed by atoms with van der Waals surface area (Å²) >= 11 is 4.83. The molecule has 1 amide bonds. The minimum Gasteiger partial charge on any atom is -0.397 e. The Labute approximate surface area is 111 Å². The number of fused-ring (bicyclic) bond motifs is 1. The van der Waals surface area contributed by atoms with Gasteiger partial charge in [-0.1, -0.05) is 22.0 Å². The van der Waals surface area contributed by atoms with Gasteiger partial charge < -0.3 is 16.8 Å². The molecule has 0 saturated carbocycles. The maximum absolute atomic E-state index is 11.9. The van der Waals surface area contributed by atoms with E-state index in [2.05, 4.69) is 21.2 Å². The van der Waals surface area contributed by atoms with Crippen LogP contribution in [0.4, 0.5) is 5.69 Å². The third kappa shape index (κ3) is 2.29. The minimum absolute atomic E-state index is 0.166. The first-order valence-corrected chi connectivity index (χ1v) is 6.71. The smallest absolute Gasteiger partial charge is 0.263 e. The molecule has 1 aromatic carbocycles. The van der Waals surface area contributed by atoms with Crippen molar-refractivity contribution in [1.82, 2.24) is 5.32 Å². The summed E-state index contributed by atoms with van der Waals surface area (Å²) in [6.45, 7) is 0.869. The van der Waals surface area contributed by atoms with Crippen LogP contribution in [0.25, 0.3) is 10.1 Å². The summed E-state index contributed by atoms with van der Waals surface area (Å²) in [5, 5.41) is 3.62. The number of amides is 1. The number of carbonyl (C=O) groups is 1. The number of halogens is 1. The fourth-order valence-corrected chi connectivity index (χ4v) is 3.34. The van der Waals surface area contributed by atoms with Gasteiger partial charge in [0.25, 0.3) is 5.91 Å². The quantitative estimate of drug-likeness (QED) is 0.810. The Hall–Kier alpha value is -1.11. The van der Waals surface area contributed by atoms with Crippen molar-refractivity contribution < 1.29 is 4.79 Å². The molecule has 0 radical (unpaired) electrons. The fourth-order valence-electron chi connectivity index (χ4n) is 1.56. The summed E-state index contributed by atoms with van der Waals surface area (Å²) in [6, 6.07) is 5.78. The lowest BCUT2D eigenvalue weighted by Gasteiger charge is -2.01. The van der Waals surface area contributed by atoms with Gasteiger partial charge in [-0.2, -0.15) is 0 Å². The molecule has 0 atom stereocenters. The molecule has 0 unspecified atom stereocenters. The summed E-state index contributed by atoms with van der Waals surface area (Å²) in [7, 11) is 0. The molecule has 1 heterocycles. The van der Waals surface area contributed by atoms with E-state index in [1.165, 1.54) is 11.3 Å². The highest BCUT2D eigenvalue weighted by Crippen LogP contribution is 2.37. The topological polar surface area (TPSA) is 81.1 Å². The van der Waals surface area contributed by atoms with E-state index in [1.54, 1.807) is 0 Å². The van der Waals surface area contributed by atoms with Gasteiger partial charge in [0, 0.05) is 27.6 Å². The summed E-state index contributed by atoms with van der Waals surface area (Å²) in [5.41, 5.74) is 11.9. The Morgan fingerprint density at radius 3 is 2.88 bits per heavy atom. The zero-order valence-electron chi connectivity index (χ0n) is 9.00. The molecule has 0 spiro atoms. The monoisotopic (exact) mass is 313 g/mol. The Morgan fingerprint density at radius 2 is 2.24 bits per heavy atom. The lowest BCUT2D eigenvalue weighted by atomic mass is 10.2. The number of thiophene rings is 1. The number of anilines is 1. The molecule has 4 nitrogen and oxygen atoms in total. The van der Waals surface area contributed by atoms with Crippen molar-refractivity contribution >= 4 is 48.9 Å². The van der Waals surface area contributed by atoms with E-state index in [9.17, 15) is 4.79 Å². The van der Waals surface area contributed by atoms with E-state index in [-0.39, 0.29) is 5.91 Å². The van der Waals surface area contributed by atoms with E-state index in [0.29, 0.717) is 23.7 Å². The van der Waals surface area contributed by atoms with Crippen molar-refractivity contribution in [3.05, 3.63) is 27.5 Å². The molecule has 0 saturated heterocycles. The zero-order chi connectivity index (χ0) is 12.4. The number of nitrogen functional groups attached to an aromatic ring is 1. The van der Waals surface area contributed by atoms with E-state index in [0.717, 1.165) is 14.6 Å². The van der Waals surface area contributed by atoms with Crippen LogP contribution in [0.1, 0.15) is 9.67 Å². The van der Waals surface area contributed by atoms with Gasteiger partial charge in [0.1, 0.15) is 4.88 Å². The van der Waals surface area contributed by atoms with E-state index >= 15 is 0 Å². The van der Waals surface area contributed by atoms with Crippen LogP contribution in [-0.4, -0.2) is 19.0 Å². The largest absolute Gasteiger partial charge is 0.397 e. The van der Waals surface area contributed by atoms with Crippen LogP contribution >= 0.6 is 27.3 Å². The van der Waals surface area contributed by atoms with E-state index in [4.69, 9.17) is 11.5 Å². The van der Waals surface area contributed by atoms with E-state index in [1.807, 2.05) is 18.2 Å². The molecule has 17 heavy (non-hydrogen) atoms. The molecule has 0 bridgehead atoms. The van der Waals surface area contributed by atoms with Crippen LogP contribution in [0.2, 0.25) is 0 Å². The van der Waals surface area contributed by atoms with E-state index < -0.39 is 0 Å². The number of rotatable bonds is 3. The Kier molecular flexibility index (Phi) is 3.66. The van der Waals surface area contributed by atoms with Crippen molar-refractivity contribution in [2.45, 2.75) is 0 Å². The first-order chi connectivity index (χ1) is 8.15. The van der Waals surface area contributed by atoms with Crippen molar-refractivity contribution in [2.24, 2.45) is 5.73 Å². The second-order valence-corrected chi connectivity index (χ2v) is 5.41. The Bertz CT molecular complexity index is 567. The summed E-state index contributed by atoms with van der Waals surface area (Å²) < 4.78 is 1.90. The third-order valence-corrected chi connectivity index (χ3v) is 4.17. The van der Waals surface area contributed by atoms with Gasteiger partial charge >= 0.3 is 0 Å². The van der Waals surface area contributed by atoms with Crippen molar-refractivity contribution in [3.8, 4) is 0 Å². The van der Waals surface area contributed by atoms with Crippen molar-refractivity contribution in [1.29, 1.82) is 0 Å². The van der Waals surface area contributed by atoms with Gasteiger partial charge in [-0.05, 0) is 12.1 Å². The number of nitrogens with two attached hydrogens (primary N) is 2. The maximum atomic E-state index is 11.9. The van der Waals surface area contributed by atoms with Gasteiger partial charge in [-0.15, -0.1) is 11.3 Å². The second-order valence-electron chi connectivity index (χ2n) is 3.50. The second kappa shape index (κ2) is 5.03. The normalized spacial score (nSPS) is 10.7. The molecule has 2 rings (SSSR count). The van der Waals surface area contributed by atoms with Crippen LogP contribution in [-0.2, 0) is 0 Å². The number of carbonyl (C=O) groups excluding carboxylic acids is 1. The van der Waals surface area contributed by atoms with Gasteiger partial charge in [0.2, 0.25) is 0 Å². The zero-order valence-corrected chi connectivity index (χ0v) is 11.4. The standard InChI is InChI=1S/C11H12BrN3OS/c12-6-2-1-3-7-8(6)9(14)10(17-7)11(16)15-5-4-13/h1-3H,4-5,13-14H2,(H,15,16). The Morgan fingerprint density at radius 1 is 1.47 bits per heavy atom. The summed E-state index contributed by atoms with van der Waals surface area (Å²) in [5.74, 6) is -0.166. The molecule has 6 heteroatoms. The molecule has 1 aromatic heterocycles. The average molecular weight is 314 g/mol. The summed E-state index contributed by atoms with van der Waals surface area (Å²) in [6.07, 6.45) is 0. The van der Waals surface area contributed by atoms with Gasteiger partial charge in [0.15, 0.2) is 0 Å². The van der Waals surface area contributed by atoms with Gasteiger partial charge in [0.05, 0.1) is 5.69 Å². The number of hydrogen-bond donors (Lipinski definition) is 3. The molecular formula is C11H12BrN3OS. The van der Waals surface area contributed by atoms with Crippen LogP contribution in [0.3, 0.4) is 0 Å². The SMILES string of the molecule is NCCNC(=O)c1sc2cccc(Br)c2c1N. The Balaban J connectivity index is 2.46. The average Bonchev–Trinajstić information content (AvgIpc) is 2.65. The van der Waals surface area contributed by atoms with Crippen LogP contribution < -0.4 is 16.8 Å². The molecule has 0 aliphatic rings. The maximum Gasteiger partial charge on any atom is 0.263 e. The predicted octanol–water partition coefficient (Wildman–Crippen LogP) is 1.93. The predicted molar refractivity (Wildman–Crippen MR) is 75.3 cm³/mol. The number of hydrogen-bond acceptors (Lipinski definition) is 4. The van der Waals surface area contributed by atoms with Crippen LogP contribution in [0, 0.1) is 0 Å². The van der Waals surface area contributed by atoms with Crippen molar-refractivity contribution in [3.63, 3.8) is 0 Å². The molecule has 0 aliphatic heterocycles. The fraction of sp³-hybridized carbons (Fsp3) is 0.182. The highest BCUT2D eigenvalue weighted by atomic mass is 79.9. The molecule has 90 valence electrons. The third-order valence-electron chi connectivity index (χ3n) is 2.34. The van der Waals surface area contributed by atoms with Crippen molar-refractivity contribution in [2.75, 3.05) is 18.8 Å². The minimum atomic E-state index is -0.166. The molecule has 5 N–H and O–H groups in total. The first-order valence-electron chi connectivity index (χ1n) is 5.10. The number of nitrogens with one attached hydrogen (secondary N) is 1. The van der Waals surface area contributed by atoms with Gasteiger partial charge in [-0.25, -0.2) is 0 Å². The molecule has 2 aromatic rings. The van der Waals surface area contributed by atoms with Crippen LogP contribution in [0.15, 0.2) is 22.7 Å². The highest BCUT2D eigenvalue weighted by molar-refractivity contribution is 9.10. The summed E-state index contributed by atoms with van der Waals surface area (Å²) in [4.78, 5) is 12.4. The van der Waals surface area contributed by atoms with Crippen LogP contribution in [0.5, 0.6) is 0 Å². The lowest BCUT2D eigenvalue weighted by Crippen LogP contribution is -2.28. The molecule has 0 aliphatic carbocycles. The highest BCUT2D eigenvalue weighted by Gasteiger charge is 2.17. The molecule has 0 fully saturated rings.